The molecule has 0 spiro atoms. The van der Waals surface area contributed by atoms with E-state index in [1.165, 1.54) is 16.7 Å². The van der Waals surface area contributed by atoms with Gasteiger partial charge in [-0.25, -0.2) is 9.78 Å². The van der Waals surface area contributed by atoms with Crippen LogP contribution >= 0.6 is 11.6 Å². The maximum Gasteiger partial charge on any atom is 0.407 e. The molecule has 8 nitrogen and oxygen atoms in total. The number of carbonyl (C=O) groups is 2. The van der Waals surface area contributed by atoms with Crippen molar-refractivity contribution in [3.8, 4) is 0 Å². The number of ether oxygens (including phenoxy) is 2. The van der Waals surface area contributed by atoms with Crippen molar-refractivity contribution in [1.29, 1.82) is 0 Å². The van der Waals surface area contributed by atoms with Crippen LogP contribution in [-0.4, -0.2) is 33.6 Å². The molecule has 0 saturated heterocycles. The minimum Gasteiger partial charge on any atom is -0.459 e. The van der Waals surface area contributed by atoms with E-state index in [1.54, 1.807) is 32.9 Å². The molecule has 9 heteroatoms. The number of carbonyl (C=O) groups excluding carboxylic acids is 2. The van der Waals surface area contributed by atoms with Gasteiger partial charge in [0.25, 0.3) is 5.56 Å². The normalized spacial score (nSPS) is 11.2. The van der Waals surface area contributed by atoms with E-state index in [-0.39, 0.29) is 25.1 Å². The van der Waals surface area contributed by atoms with Crippen molar-refractivity contribution < 1.29 is 19.1 Å². The van der Waals surface area contributed by atoms with Crippen LogP contribution in [0.5, 0.6) is 0 Å². The quantitative estimate of drug-likeness (QED) is 0.798. The largest absolute Gasteiger partial charge is 0.459 e. The maximum atomic E-state index is 12.0. The van der Waals surface area contributed by atoms with E-state index in [0.717, 1.165) is 0 Å². The van der Waals surface area contributed by atoms with Crippen LogP contribution in [0.4, 0.5) is 4.79 Å². The molecule has 0 saturated carbocycles. The summed E-state index contributed by atoms with van der Waals surface area (Å²) in [5.74, 6) is -0.529. The number of halogens is 1. The highest BCUT2D eigenvalue weighted by molar-refractivity contribution is 6.30. The molecule has 0 radical (unpaired) electrons. The Morgan fingerprint density at radius 2 is 2.04 bits per heavy atom. The number of nitrogens with one attached hydrogen (secondary N) is 1. The molecule has 0 aliphatic carbocycles. The van der Waals surface area contributed by atoms with Crippen molar-refractivity contribution in [2.75, 3.05) is 6.54 Å². The Bertz CT molecular complexity index is 873. The molecule has 1 amide bonds. The topological polar surface area (TPSA) is 99.0 Å². The van der Waals surface area contributed by atoms with Gasteiger partial charge in [0.15, 0.2) is 0 Å². The van der Waals surface area contributed by atoms with Gasteiger partial charge < -0.3 is 14.8 Å². The zero-order valence-electron chi connectivity index (χ0n) is 14.7. The predicted octanol–water partition coefficient (Wildman–Crippen LogP) is 2.31. The highest BCUT2D eigenvalue weighted by atomic mass is 35.5. The monoisotopic (exact) mass is 381 g/mol. The van der Waals surface area contributed by atoms with E-state index < -0.39 is 17.7 Å². The molecule has 140 valence electrons. The van der Waals surface area contributed by atoms with Gasteiger partial charge in [-0.05, 0) is 32.9 Å². The molecular weight excluding hydrogens is 362 g/mol. The van der Waals surface area contributed by atoms with Gasteiger partial charge >= 0.3 is 12.1 Å². The number of rotatable bonds is 5. The SMILES string of the molecule is CC(C)(C)OC(=O)NCCC(=O)OCc1cc(=O)n2cc(Cl)ccc2n1. The molecule has 0 aliphatic heterocycles. The van der Waals surface area contributed by atoms with Gasteiger partial charge in [-0.3, -0.25) is 14.0 Å². The standard InChI is InChI=1S/C17H20ClN3O5/c1-17(2,3)26-16(24)19-7-6-15(23)25-10-12-8-14(22)21-9-11(18)4-5-13(21)20-12/h4-5,8-9H,6-7,10H2,1-3H3,(H,19,24). The van der Waals surface area contributed by atoms with Gasteiger partial charge in [-0.1, -0.05) is 11.6 Å². The number of aromatic nitrogens is 2. The number of esters is 1. The Morgan fingerprint density at radius 3 is 2.73 bits per heavy atom. The number of nitrogens with zero attached hydrogens (tertiary/aromatic N) is 2. The van der Waals surface area contributed by atoms with Gasteiger partial charge in [-0.15, -0.1) is 0 Å². The number of hydrogen-bond donors (Lipinski definition) is 1. The van der Waals surface area contributed by atoms with E-state index >= 15 is 0 Å². The fraction of sp³-hybridized carbons (Fsp3) is 0.412. The summed E-state index contributed by atoms with van der Waals surface area (Å²) in [5, 5.41) is 2.88. The summed E-state index contributed by atoms with van der Waals surface area (Å²) in [6.45, 7) is 5.18. The zero-order valence-corrected chi connectivity index (χ0v) is 15.5. The zero-order chi connectivity index (χ0) is 19.3. The van der Waals surface area contributed by atoms with Crippen LogP contribution in [0.15, 0.2) is 29.2 Å². The average Bonchev–Trinajstić information content (AvgIpc) is 2.52. The summed E-state index contributed by atoms with van der Waals surface area (Å²) in [5.41, 5.74) is -0.203. The Hall–Kier alpha value is -2.61. The first-order chi connectivity index (χ1) is 12.1. The lowest BCUT2D eigenvalue weighted by molar-refractivity contribution is -0.144. The molecule has 2 aromatic rings. The van der Waals surface area contributed by atoms with E-state index in [4.69, 9.17) is 21.1 Å². The molecule has 0 aromatic carbocycles. The van der Waals surface area contributed by atoms with E-state index in [9.17, 15) is 14.4 Å². The van der Waals surface area contributed by atoms with Crippen LogP contribution in [0.25, 0.3) is 5.65 Å². The Labute approximate surface area is 155 Å². The van der Waals surface area contributed by atoms with Crippen molar-refractivity contribution in [3.63, 3.8) is 0 Å². The van der Waals surface area contributed by atoms with Crippen LogP contribution in [0.2, 0.25) is 5.02 Å². The van der Waals surface area contributed by atoms with E-state index in [0.29, 0.717) is 16.4 Å². The number of hydrogen-bond acceptors (Lipinski definition) is 6. The van der Waals surface area contributed by atoms with Gasteiger partial charge in [0.05, 0.1) is 17.1 Å². The van der Waals surface area contributed by atoms with Crippen molar-refractivity contribution >= 4 is 29.3 Å². The second-order valence-electron chi connectivity index (χ2n) is 6.50. The Morgan fingerprint density at radius 1 is 1.31 bits per heavy atom. The highest BCUT2D eigenvalue weighted by Crippen LogP contribution is 2.09. The van der Waals surface area contributed by atoms with Crippen molar-refractivity contribution in [1.82, 2.24) is 14.7 Å². The second kappa shape index (κ2) is 8.18. The first kappa shape index (κ1) is 19.7. The lowest BCUT2D eigenvalue weighted by atomic mass is 10.2. The van der Waals surface area contributed by atoms with Crippen molar-refractivity contribution in [3.05, 3.63) is 45.5 Å². The first-order valence-corrected chi connectivity index (χ1v) is 8.32. The molecule has 2 heterocycles. The molecule has 0 bridgehead atoms. The van der Waals surface area contributed by atoms with E-state index in [2.05, 4.69) is 10.3 Å². The van der Waals surface area contributed by atoms with Crippen LogP contribution in [-0.2, 0) is 20.9 Å². The van der Waals surface area contributed by atoms with Crippen LogP contribution in [0, 0.1) is 0 Å². The van der Waals surface area contributed by atoms with Crippen molar-refractivity contribution in [2.45, 2.75) is 39.4 Å². The molecule has 2 rings (SSSR count). The number of alkyl carbamates (subject to hydrolysis) is 1. The molecule has 0 atom stereocenters. The maximum absolute atomic E-state index is 12.0. The molecule has 1 N–H and O–H groups in total. The van der Waals surface area contributed by atoms with Crippen molar-refractivity contribution in [2.24, 2.45) is 0 Å². The second-order valence-corrected chi connectivity index (χ2v) is 6.94. The summed E-state index contributed by atoms with van der Waals surface area (Å²) in [6, 6.07) is 4.48. The third kappa shape index (κ3) is 6.03. The molecule has 26 heavy (non-hydrogen) atoms. The van der Waals surface area contributed by atoms with Gasteiger partial charge in [-0.2, -0.15) is 0 Å². The van der Waals surface area contributed by atoms with E-state index in [1.807, 2.05) is 0 Å². The lowest BCUT2D eigenvalue weighted by Gasteiger charge is -2.19. The molecular formula is C17H20ClN3O5. The number of pyridine rings is 1. The minimum absolute atomic E-state index is 0.0264. The van der Waals surface area contributed by atoms with Gasteiger partial charge in [0.1, 0.15) is 17.9 Å². The molecule has 0 fully saturated rings. The fourth-order valence-corrected chi connectivity index (χ4v) is 2.17. The van der Waals surface area contributed by atoms with Gasteiger partial charge in [0.2, 0.25) is 0 Å². The third-order valence-electron chi connectivity index (χ3n) is 3.05. The molecule has 0 aliphatic rings. The summed E-state index contributed by atoms with van der Waals surface area (Å²) in [6.07, 6.45) is 0.833. The van der Waals surface area contributed by atoms with Crippen LogP contribution < -0.4 is 10.9 Å². The Kier molecular flexibility index (Phi) is 6.20. The number of fused-ring (bicyclic) bond motifs is 1. The first-order valence-electron chi connectivity index (χ1n) is 7.94. The lowest BCUT2D eigenvalue weighted by Crippen LogP contribution is -2.33. The van der Waals surface area contributed by atoms with Crippen LogP contribution in [0.3, 0.4) is 0 Å². The predicted molar refractivity (Wildman–Crippen MR) is 95.1 cm³/mol. The summed E-state index contributed by atoms with van der Waals surface area (Å²) in [7, 11) is 0. The van der Waals surface area contributed by atoms with Gasteiger partial charge in [0, 0.05) is 18.8 Å². The average molecular weight is 382 g/mol. The summed E-state index contributed by atoms with van der Waals surface area (Å²) in [4.78, 5) is 39.5. The Balaban J connectivity index is 1.84. The van der Waals surface area contributed by atoms with Crippen LogP contribution in [0.1, 0.15) is 32.9 Å². The summed E-state index contributed by atoms with van der Waals surface area (Å²) < 4.78 is 11.4. The third-order valence-corrected chi connectivity index (χ3v) is 3.28. The molecule has 0 unspecified atom stereocenters. The minimum atomic E-state index is -0.607. The highest BCUT2D eigenvalue weighted by Gasteiger charge is 2.16. The fourth-order valence-electron chi connectivity index (χ4n) is 2.01. The molecule has 2 aromatic heterocycles. The smallest absolute Gasteiger partial charge is 0.407 e. The number of amides is 1. The summed E-state index contributed by atoms with van der Waals surface area (Å²) >= 11 is 5.84.